The lowest BCUT2D eigenvalue weighted by molar-refractivity contribution is 0.273. The number of rotatable bonds is 6. The largest absolute Gasteiger partial charge is 0.370 e. The van der Waals surface area contributed by atoms with Gasteiger partial charge in [0.2, 0.25) is 0 Å². The van der Waals surface area contributed by atoms with Gasteiger partial charge < -0.3 is 11.1 Å². The van der Waals surface area contributed by atoms with Crippen molar-refractivity contribution in [2.75, 3.05) is 26.2 Å². The molecule has 6 heteroatoms. The van der Waals surface area contributed by atoms with Crippen LogP contribution in [0.15, 0.2) is 23.2 Å². The number of benzene rings is 1. The molecule has 22 heavy (non-hydrogen) atoms. The number of likely N-dealkylation sites (tertiary alicyclic amines) is 1. The maximum Gasteiger partial charge on any atom is 0.188 e. The molecule has 1 atom stereocenters. The smallest absolute Gasteiger partial charge is 0.188 e. The average molecular weight is 327 g/mol. The van der Waals surface area contributed by atoms with Crippen LogP contribution in [-0.4, -0.2) is 43.1 Å². The van der Waals surface area contributed by atoms with Crippen LogP contribution < -0.4 is 11.1 Å². The molecule has 0 amide bonds. The maximum absolute atomic E-state index is 13.0. The third-order valence-corrected chi connectivity index (χ3v) is 4.45. The zero-order valence-corrected chi connectivity index (χ0v) is 13.7. The molecule has 1 saturated heterocycles. The van der Waals surface area contributed by atoms with Crippen LogP contribution in [-0.2, 0) is 6.42 Å². The van der Waals surface area contributed by atoms with E-state index in [0.29, 0.717) is 30.0 Å². The summed E-state index contributed by atoms with van der Waals surface area (Å²) in [6.45, 7) is 5.77. The predicted octanol–water partition coefficient (Wildman–Crippen LogP) is 2.41. The van der Waals surface area contributed by atoms with Gasteiger partial charge in [-0.3, -0.25) is 9.89 Å². The quantitative estimate of drug-likeness (QED) is 0.623. The van der Waals surface area contributed by atoms with E-state index in [9.17, 15) is 4.39 Å². The van der Waals surface area contributed by atoms with Gasteiger partial charge in [0.05, 0.1) is 6.54 Å². The van der Waals surface area contributed by atoms with E-state index < -0.39 is 0 Å². The molecule has 0 spiro atoms. The minimum atomic E-state index is -0.320. The molecule has 2 rings (SSSR count). The van der Waals surface area contributed by atoms with Crippen LogP contribution in [0.5, 0.6) is 0 Å². The van der Waals surface area contributed by atoms with Crippen LogP contribution in [0.25, 0.3) is 0 Å². The van der Waals surface area contributed by atoms with Gasteiger partial charge in [0.25, 0.3) is 0 Å². The van der Waals surface area contributed by atoms with Crippen molar-refractivity contribution in [1.29, 1.82) is 0 Å². The van der Waals surface area contributed by atoms with Crippen LogP contribution in [0.4, 0.5) is 4.39 Å². The summed E-state index contributed by atoms with van der Waals surface area (Å²) in [6, 6.07) is 4.95. The van der Waals surface area contributed by atoms with Crippen molar-refractivity contribution in [3.05, 3.63) is 34.6 Å². The highest BCUT2D eigenvalue weighted by Crippen LogP contribution is 2.17. The number of hydrogen-bond donors (Lipinski definition) is 2. The van der Waals surface area contributed by atoms with E-state index in [2.05, 4.69) is 22.1 Å². The second kappa shape index (κ2) is 8.34. The van der Waals surface area contributed by atoms with Crippen LogP contribution in [0.2, 0.25) is 5.02 Å². The standard InChI is InChI=1S/C16H24ClFN4/c1-2-22-9-3-4-14(22)11-21-16(19)20-8-7-12-5-6-13(18)10-15(12)17/h5-6,10,14H,2-4,7-9,11H2,1H3,(H3,19,20,21). The minimum absolute atomic E-state index is 0.320. The molecule has 1 aromatic rings. The topological polar surface area (TPSA) is 53.6 Å². The fourth-order valence-electron chi connectivity index (χ4n) is 2.83. The molecule has 122 valence electrons. The Morgan fingerprint density at radius 1 is 1.55 bits per heavy atom. The lowest BCUT2D eigenvalue weighted by Crippen LogP contribution is -2.36. The van der Waals surface area contributed by atoms with Gasteiger partial charge in [0.15, 0.2) is 5.96 Å². The zero-order chi connectivity index (χ0) is 15.9. The molecule has 1 unspecified atom stereocenters. The molecule has 1 aliphatic heterocycles. The van der Waals surface area contributed by atoms with E-state index in [0.717, 1.165) is 25.2 Å². The summed E-state index contributed by atoms with van der Waals surface area (Å²) in [5.74, 6) is 0.140. The Morgan fingerprint density at radius 3 is 3.09 bits per heavy atom. The molecule has 0 saturated carbocycles. The van der Waals surface area contributed by atoms with Crippen molar-refractivity contribution in [3.63, 3.8) is 0 Å². The second-order valence-electron chi connectivity index (χ2n) is 5.56. The fourth-order valence-corrected chi connectivity index (χ4v) is 3.09. The van der Waals surface area contributed by atoms with Crippen molar-refractivity contribution >= 4 is 17.6 Å². The molecule has 1 heterocycles. The van der Waals surface area contributed by atoms with Crippen molar-refractivity contribution < 1.29 is 4.39 Å². The Balaban J connectivity index is 1.75. The summed E-state index contributed by atoms with van der Waals surface area (Å²) < 4.78 is 13.0. The van der Waals surface area contributed by atoms with Crippen LogP contribution in [0, 0.1) is 5.82 Å². The summed E-state index contributed by atoms with van der Waals surface area (Å²) in [6.07, 6.45) is 3.11. The molecular formula is C16H24ClFN4. The third-order valence-electron chi connectivity index (χ3n) is 4.09. The molecule has 0 radical (unpaired) electrons. The summed E-state index contributed by atoms with van der Waals surface area (Å²) in [5.41, 5.74) is 6.79. The van der Waals surface area contributed by atoms with E-state index >= 15 is 0 Å². The number of hydrogen-bond acceptors (Lipinski definition) is 2. The molecule has 0 bridgehead atoms. The van der Waals surface area contributed by atoms with Crippen LogP contribution in [0.3, 0.4) is 0 Å². The van der Waals surface area contributed by atoms with E-state index in [1.807, 2.05) is 0 Å². The van der Waals surface area contributed by atoms with Crippen molar-refractivity contribution in [3.8, 4) is 0 Å². The van der Waals surface area contributed by atoms with Gasteiger partial charge in [-0.05, 0) is 50.0 Å². The Bertz CT molecular complexity index is 521. The number of likely N-dealkylation sites (N-methyl/N-ethyl adjacent to an activating group) is 1. The van der Waals surface area contributed by atoms with Gasteiger partial charge in [0.1, 0.15) is 5.82 Å². The third kappa shape index (κ3) is 4.85. The Morgan fingerprint density at radius 2 is 2.36 bits per heavy atom. The van der Waals surface area contributed by atoms with Crippen molar-refractivity contribution in [2.45, 2.75) is 32.2 Å². The number of aliphatic imine (C=N–C) groups is 1. The summed E-state index contributed by atoms with van der Waals surface area (Å²) in [4.78, 5) is 6.86. The summed E-state index contributed by atoms with van der Waals surface area (Å²) in [5, 5.41) is 3.53. The fraction of sp³-hybridized carbons (Fsp3) is 0.562. The zero-order valence-electron chi connectivity index (χ0n) is 13.0. The second-order valence-corrected chi connectivity index (χ2v) is 5.97. The Kier molecular flexibility index (Phi) is 6.46. The SMILES string of the molecule is CCN1CCCC1CN=C(N)NCCc1ccc(F)cc1Cl. The molecular weight excluding hydrogens is 303 g/mol. The van der Waals surface area contributed by atoms with E-state index in [1.54, 1.807) is 6.07 Å². The summed E-state index contributed by atoms with van der Waals surface area (Å²) >= 11 is 5.99. The van der Waals surface area contributed by atoms with Crippen LogP contribution in [0.1, 0.15) is 25.3 Å². The highest BCUT2D eigenvalue weighted by atomic mass is 35.5. The van der Waals surface area contributed by atoms with E-state index in [1.165, 1.54) is 25.0 Å². The molecule has 1 fully saturated rings. The Hall–Kier alpha value is -1.33. The number of nitrogens with zero attached hydrogens (tertiary/aromatic N) is 2. The van der Waals surface area contributed by atoms with Gasteiger partial charge in [-0.2, -0.15) is 0 Å². The lowest BCUT2D eigenvalue weighted by atomic mass is 10.1. The molecule has 0 aromatic heterocycles. The molecule has 1 aliphatic rings. The first-order chi connectivity index (χ1) is 10.6. The number of guanidine groups is 1. The van der Waals surface area contributed by atoms with Gasteiger partial charge in [-0.25, -0.2) is 4.39 Å². The molecule has 3 N–H and O–H groups in total. The number of nitrogens with two attached hydrogens (primary N) is 1. The van der Waals surface area contributed by atoms with E-state index in [-0.39, 0.29) is 5.82 Å². The first kappa shape index (κ1) is 17.0. The van der Waals surface area contributed by atoms with Crippen molar-refractivity contribution in [2.24, 2.45) is 10.7 Å². The Labute approximate surface area is 136 Å². The first-order valence-electron chi connectivity index (χ1n) is 7.82. The van der Waals surface area contributed by atoms with Gasteiger partial charge in [0, 0.05) is 17.6 Å². The molecule has 0 aliphatic carbocycles. The predicted molar refractivity (Wildman–Crippen MR) is 89.9 cm³/mol. The molecule has 4 nitrogen and oxygen atoms in total. The highest BCUT2D eigenvalue weighted by molar-refractivity contribution is 6.31. The van der Waals surface area contributed by atoms with Crippen molar-refractivity contribution in [1.82, 2.24) is 10.2 Å². The monoisotopic (exact) mass is 326 g/mol. The number of halogens is 2. The van der Waals surface area contributed by atoms with Crippen LogP contribution >= 0.6 is 11.6 Å². The minimum Gasteiger partial charge on any atom is -0.370 e. The lowest BCUT2D eigenvalue weighted by Gasteiger charge is -2.20. The normalized spacial score (nSPS) is 19.6. The summed E-state index contributed by atoms with van der Waals surface area (Å²) in [7, 11) is 0. The molecule has 1 aromatic carbocycles. The van der Waals surface area contributed by atoms with Gasteiger partial charge in [-0.15, -0.1) is 0 Å². The van der Waals surface area contributed by atoms with E-state index in [4.69, 9.17) is 17.3 Å². The average Bonchev–Trinajstić information content (AvgIpc) is 2.95. The van der Waals surface area contributed by atoms with Gasteiger partial charge >= 0.3 is 0 Å². The highest BCUT2D eigenvalue weighted by Gasteiger charge is 2.22. The number of nitrogens with one attached hydrogen (secondary N) is 1. The van der Waals surface area contributed by atoms with Gasteiger partial charge in [-0.1, -0.05) is 24.6 Å². The maximum atomic E-state index is 13.0. The first-order valence-corrected chi connectivity index (χ1v) is 8.19.